The van der Waals surface area contributed by atoms with Gasteiger partial charge in [-0.1, -0.05) is 0 Å². The maximum atomic E-state index is 11.9. The molecule has 0 saturated heterocycles. The van der Waals surface area contributed by atoms with Gasteiger partial charge in [-0.05, 0) is 49.4 Å². The second-order valence-corrected chi connectivity index (χ2v) is 7.33. The van der Waals surface area contributed by atoms with E-state index in [1.54, 1.807) is 24.3 Å². The van der Waals surface area contributed by atoms with E-state index in [-0.39, 0.29) is 5.91 Å². The molecule has 0 atom stereocenters. The first-order valence-electron chi connectivity index (χ1n) is 7.38. The molecule has 0 aliphatic heterocycles. The zero-order valence-electron chi connectivity index (χ0n) is 12.7. The van der Waals surface area contributed by atoms with Gasteiger partial charge >= 0.3 is 0 Å². The van der Waals surface area contributed by atoms with Crippen LogP contribution in [0.1, 0.15) is 29.6 Å². The number of hydrogen-bond acceptors (Lipinski definition) is 4. The van der Waals surface area contributed by atoms with Crippen LogP contribution in [0.3, 0.4) is 0 Å². The van der Waals surface area contributed by atoms with E-state index in [1.165, 1.54) is 12.8 Å². The maximum Gasteiger partial charge on any atom is 0.251 e. The van der Waals surface area contributed by atoms with Gasteiger partial charge < -0.3 is 10.1 Å². The van der Waals surface area contributed by atoms with E-state index in [4.69, 9.17) is 4.74 Å². The van der Waals surface area contributed by atoms with Crippen LogP contribution in [0.25, 0.3) is 0 Å². The summed E-state index contributed by atoms with van der Waals surface area (Å²) in [6.07, 6.45) is 4.42. The van der Waals surface area contributed by atoms with E-state index in [1.807, 2.05) is 0 Å². The Morgan fingerprint density at radius 2 is 1.95 bits per heavy atom. The highest BCUT2D eigenvalue weighted by molar-refractivity contribution is 7.92. The van der Waals surface area contributed by atoms with E-state index >= 15 is 0 Å². The maximum absolute atomic E-state index is 11.9. The summed E-state index contributed by atoms with van der Waals surface area (Å²) >= 11 is 0. The number of hydrogen-bond donors (Lipinski definition) is 2. The highest BCUT2D eigenvalue weighted by atomic mass is 32.2. The van der Waals surface area contributed by atoms with E-state index in [0.717, 1.165) is 25.2 Å². The van der Waals surface area contributed by atoms with Crippen molar-refractivity contribution in [1.29, 1.82) is 0 Å². The molecule has 1 aromatic carbocycles. The number of ether oxygens (including phenoxy) is 1. The number of carbonyl (C=O) groups is 1. The normalized spacial score (nSPS) is 14.6. The monoisotopic (exact) mass is 326 g/mol. The zero-order chi connectivity index (χ0) is 16.0. The van der Waals surface area contributed by atoms with Crippen molar-refractivity contribution in [3.63, 3.8) is 0 Å². The minimum absolute atomic E-state index is 0.173. The van der Waals surface area contributed by atoms with E-state index in [9.17, 15) is 13.2 Å². The Bertz CT molecular complexity index is 594. The Kier molecular flexibility index (Phi) is 5.79. The van der Waals surface area contributed by atoms with Crippen molar-refractivity contribution in [2.24, 2.45) is 5.92 Å². The number of anilines is 1. The molecule has 0 heterocycles. The van der Waals surface area contributed by atoms with Crippen LogP contribution in [0.2, 0.25) is 0 Å². The Balaban J connectivity index is 1.67. The molecule has 1 fully saturated rings. The predicted octanol–water partition coefficient (Wildman–Crippen LogP) is 1.60. The third-order valence-electron chi connectivity index (χ3n) is 3.25. The topological polar surface area (TPSA) is 84.5 Å². The summed E-state index contributed by atoms with van der Waals surface area (Å²) in [6, 6.07) is 6.31. The van der Waals surface area contributed by atoms with E-state index in [2.05, 4.69) is 10.0 Å². The van der Waals surface area contributed by atoms with Crippen LogP contribution < -0.4 is 10.0 Å². The Morgan fingerprint density at radius 1 is 1.27 bits per heavy atom. The Labute approximate surface area is 131 Å². The summed E-state index contributed by atoms with van der Waals surface area (Å²) in [5.41, 5.74) is 0.936. The molecule has 1 aromatic rings. The molecule has 0 aromatic heterocycles. The lowest BCUT2D eigenvalue weighted by molar-refractivity contribution is 0.0937. The highest BCUT2D eigenvalue weighted by Gasteiger charge is 2.20. The second kappa shape index (κ2) is 7.60. The van der Waals surface area contributed by atoms with Crippen LogP contribution in [-0.2, 0) is 14.8 Å². The van der Waals surface area contributed by atoms with Gasteiger partial charge in [-0.15, -0.1) is 0 Å². The molecule has 0 spiro atoms. The minimum atomic E-state index is -3.30. The summed E-state index contributed by atoms with van der Waals surface area (Å²) in [6.45, 7) is 2.06. The molecule has 1 aliphatic rings. The van der Waals surface area contributed by atoms with E-state index in [0.29, 0.717) is 24.4 Å². The first-order chi connectivity index (χ1) is 10.4. The Hall–Kier alpha value is -1.60. The second-order valence-electron chi connectivity index (χ2n) is 5.58. The minimum Gasteiger partial charge on any atom is -0.381 e. The van der Waals surface area contributed by atoms with Crippen LogP contribution in [0.5, 0.6) is 0 Å². The smallest absolute Gasteiger partial charge is 0.251 e. The molecule has 0 unspecified atom stereocenters. The van der Waals surface area contributed by atoms with Gasteiger partial charge in [-0.2, -0.15) is 0 Å². The van der Waals surface area contributed by atoms with Gasteiger partial charge in [0.1, 0.15) is 0 Å². The van der Waals surface area contributed by atoms with Crippen molar-refractivity contribution in [2.75, 3.05) is 30.7 Å². The number of amides is 1. The number of rotatable bonds is 9. The predicted molar refractivity (Wildman–Crippen MR) is 85.4 cm³/mol. The molecule has 2 rings (SSSR count). The molecule has 6 nitrogen and oxygen atoms in total. The van der Waals surface area contributed by atoms with Crippen molar-refractivity contribution >= 4 is 21.6 Å². The molecule has 1 amide bonds. The molecule has 22 heavy (non-hydrogen) atoms. The summed E-state index contributed by atoms with van der Waals surface area (Å²) in [7, 11) is -3.30. The fraction of sp³-hybridized carbons (Fsp3) is 0.533. The van der Waals surface area contributed by atoms with Crippen molar-refractivity contribution in [3.8, 4) is 0 Å². The van der Waals surface area contributed by atoms with Crippen LogP contribution in [0.15, 0.2) is 24.3 Å². The highest BCUT2D eigenvalue weighted by Crippen LogP contribution is 2.28. The van der Waals surface area contributed by atoms with Gasteiger partial charge in [-0.25, -0.2) is 8.42 Å². The summed E-state index contributed by atoms with van der Waals surface area (Å²) < 4.78 is 30.0. The Morgan fingerprint density at radius 3 is 2.55 bits per heavy atom. The van der Waals surface area contributed by atoms with Gasteiger partial charge in [-0.3, -0.25) is 9.52 Å². The third-order valence-corrected chi connectivity index (χ3v) is 3.86. The first-order valence-corrected chi connectivity index (χ1v) is 9.27. The summed E-state index contributed by atoms with van der Waals surface area (Å²) in [4.78, 5) is 11.9. The van der Waals surface area contributed by atoms with Crippen molar-refractivity contribution < 1.29 is 17.9 Å². The summed E-state index contributed by atoms with van der Waals surface area (Å²) in [5.74, 6) is 0.585. The molecule has 0 bridgehead atoms. The van der Waals surface area contributed by atoms with Crippen LogP contribution in [0, 0.1) is 5.92 Å². The lowest BCUT2D eigenvalue weighted by Crippen LogP contribution is -2.25. The van der Waals surface area contributed by atoms with Crippen molar-refractivity contribution in [1.82, 2.24) is 5.32 Å². The van der Waals surface area contributed by atoms with Gasteiger partial charge in [0.25, 0.3) is 5.91 Å². The fourth-order valence-electron chi connectivity index (χ4n) is 1.92. The standard InChI is InChI=1S/C15H22N2O4S/c1-22(19,20)17-14-7-5-13(6-8-14)15(18)16-9-2-10-21-11-12-3-4-12/h5-8,12,17H,2-4,9-11H2,1H3,(H,16,18). The lowest BCUT2D eigenvalue weighted by atomic mass is 10.2. The lowest BCUT2D eigenvalue weighted by Gasteiger charge is -2.07. The van der Waals surface area contributed by atoms with Crippen molar-refractivity contribution in [3.05, 3.63) is 29.8 Å². The SMILES string of the molecule is CS(=O)(=O)Nc1ccc(C(=O)NCCCOCC2CC2)cc1. The molecular weight excluding hydrogens is 304 g/mol. The van der Waals surface area contributed by atoms with Gasteiger partial charge in [0.2, 0.25) is 10.0 Å². The molecule has 0 radical (unpaired) electrons. The largest absolute Gasteiger partial charge is 0.381 e. The van der Waals surface area contributed by atoms with Gasteiger partial charge in [0.15, 0.2) is 0 Å². The zero-order valence-corrected chi connectivity index (χ0v) is 13.5. The molecule has 7 heteroatoms. The molecular formula is C15H22N2O4S. The quantitative estimate of drug-likeness (QED) is 0.675. The fourth-order valence-corrected chi connectivity index (χ4v) is 2.48. The molecule has 1 saturated carbocycles. The van der Waals surface area contributed by atoms with Crippen LogP contribution in [-0.4, -0.2) is 40.3 Å². The van der Waals surface area contributed by atoms with Crippen LogP contribution in [0.4, 0.5) is 5.69 Å². The number of sulfonamides is 1. The average Bonchev–Trinajstić information content (AvgIpc) is 3.25. The third kappa shape index (κ3) is 6.44. The number of nitrogens with one attached hydrogen (secondary N) is 2. The summed E-state index contributed by atoms with van der Waals surface area (Å²) in [5, 5.41) is 2.81. The van der Waals surface area contributed by atoms with E-state index < -0.39 is 10.0 Å². The van der Waals surface area contributed by atoms with Gasteiger partial charge in [0.05, 0.1) is 6.26 Å². The number of benzene rings is 1. The molecule has 2 N–H and O–H groups in total. The van der Waals surface area contributed by atoms with Crippen LogP contribution >= 0.6 is 0 Å². The first kappa shape index (κ1) is 16.8. The van der Waals surface area contributed by atoms with Crippen molar-refractivity contribution in [2.45, 2.75) is 19.3 Å². The average molecular weight is 326 g/mol. The van der Waals surface area contributed by atoms with Gasteiger partial charge in [0, 0.05) is 31.0 Å². The molecule has 1 aliphatic carbocycles. The number of carbonyl (C=O) groups excluding carboxylic acids is 1. The molecule has 122 valence electrons.